The molecule has 0 aliphatic carbocycles. The molecule has 0 saturated heterocycles. The SMILES string of the molecule is O=c1[nH]c(-c2ncccn2)nc(-c2ccccc2)c1I. The highest BCUT2D eigenvalue weighted by molar-refractivity contribution is 14.1. The van der Waals surface area contributed by atoms with Gasteiger partial charge in [-0.25, -0.2) is 15.0 Å². The van der Waals surface area contributed by atoms with Gasteiger partial charge in [0.1, 0.15) is 3.57 Å². The van der Waals surface area contributed by atoms with Gasteiger partial charge in [-0.2, -0.15) is 0 Å². The summed E-state index contributed by atoms with van der Waals surface area (Å²) in [5.41, 5.74) is 1.33. The minimum Gasteiger partial charge on any atom is -0.303 e. The number of hydrogen-bond acceptors (Lipinski definition) is 4. The Labute approximate surface area is 128 Å². The summed E-state index contributed by atoms with van der Waals surface area (Å²) in [6.45, 7) is 0. The van der Waals surface area contributed by atoms with Crippen LogP contribution >= 0.6 is 22.6 Å². The molecule has 0 saturated carbocycles. The minimum absolute atomic E-state index is 0.193. The van der Waals surface area contributed by atoms with Gasteiger partial charge >= 0.3 is 0 Å². The van der Waals surface area contributed by atoms with Crippen LogP contribution in [0.25, 0.3) is 22.9 Å². The second kappa shape index (κ2) is 5.49. The highest BCUT2D eigenvalue weighted by atomic mass is 127. The van der Waals surface area contributed by atoms with Gasteiger partial charge in [0, 0.05) is 18.0 Å². The van der Waals surface area contributed by atoms with Gasteiger partial charge in [0.05, 0.1) is 5.69 Å². The van der Waals surface area contributed by atoms with Gasteiger partial charge in [0.2, 0.25) is 0 Å². The van der Waals surface area contributed by atoms with E-state index >= 15 is 0 Å². The number of aromatic nitrogens is 4. The van der Waals surface area contributed by atoms with E-state index in [0.717, 1.165) is 5.56 Å². The lowest BCUT2D eigenvalue weighted by molar-refractivity contribution is 1.05. The molecule has 98 valence electrons. The molecule has 5 nitrogen and oxygen atoms in total. The molecule has 0 atom stereocenters. The molecule has 6 heteroatoms. The number of aromatic amines is 1. The number of nitrogens with one attached hydrogen (secondary N) is 1. The van der Waals surface area contributed by atoms with E-state index in [9.17, 15) is 4.79 Å². The topological polar surface area (TPSA) is 71.5 Å². The lowest BCUT2D eigenvalue weighted by Gasteiger charge is -2.05. The second-order valence-electron chi connectivity index (χ2n) is 4.02. The summed E-state index contributed by atoms with van der Waals surface area (Å²) in [6, 6.07) is 11.3. The molecule has 3 rings (SSSR count). The molecule has 1 N–H and O–H groups in total. The molecule has 2 aromatic heterocycles. The maximum atomic E-state index is 12.0. The first-order chi connectivity index (χ1) is 9.75. The van der Waals surface area contributed by atoms with E-state index in [1.165, 1.54) is 0 Å². The number of rotatable bonds is 2. The van der Waals surface area contributed by atoms with Gasteiger partial charge in [-0.3, -0.25) is 4.79 Å². The number of halogens is 1. The van der Waals surface area contributed by atoms with Crippen LogP contribution in [0.2, 0.25) is 0 Å². The predicted octanol–water partition coefficient (Wildman–Crippen LogP) is 2.50. The standard InChI is InChI=1S/C14H9IN4O/c15-10-11(9-5-2-1-3-6-9)18-13(19-14(10)20)12-16-7-4-8-17-12/h1-8H,(H,18,19,20). The summed E-state index contributed by atoms with van der Waals surface area (Å²) in [6.07, 6.45) is 3.23. The third-order valence-corrected chi connectivity index (χ3v) is 3.69. The first kappa shape index (κ1) is 12.9. The molecule has 0 radical (unpaired) electrons. The molecule has 0 unspecified atom stereocenters. The molecule has 0 aliphatic rings. The highest BCUT2D eigenvalue weighted by Crippen LogP contribution is 2.21. The van der Waals surface area contributed by atoms with Gasteiger partial charge in [0.15, 0.2) is 11.6 Å². The summed E-state index contributed by atoms with van der Waals surface area (Å²) in [4.78, 5) is 27.5. The number of hydrogen-bond donors (Lipinski definition) is 1. The van der Waals surface area contributed by atoms with Crippen LogP contribution in [0.1, 0.15) is 0 Å². The van der Waals surface area contributed by atoms with Crippen molar-refractivity contribution in [3.8, 4) is 22.9 Å². The van der Waals surface area contributed by atoms with Crippen LogP contribution in [0.3, 0.4) is 0 Å². The summed E-state index contributed by atoms with van der Waals surface area (Å²) in [5.74, 6) is 0.771. The summed E-state index contributed by atoms with van der Waals surface area (Å²) in [5, 5.41) is 0. The Kier molecular flexibility index (Phi) is 3.55. The van der Waals surface area contributed by atoms with E-state index in [1.807, 2.05) is 52.9 Å². The average molecular weight is 376 g/mol. The minimum atomic E-state index is -0.193. The van der Waals surface area contributed by atoms with E-state index in [1.54, 1.807) is 18.5 Å². The number of H-pyrrole nitrogens is 1. The van der Waals surface area contributed by atoms with Crippen LogP contribution in [-0.2, 0) is 0 Å². The molecule has 0 fully saturated rings. The molecule has 0 amide bonds. The van der Waals surface area contributed by atoms with E-state index in [0.29, 0.717) is 20.9 Å². The van der Waals surface area contributed by atoms with Gasteiger partial charge in [-0.15, -0.1) is 0 Å². The third-order valence-electron chi connectivity index (χ3n) is 2.69. The van der Waals surface area contributed by atoms with Crippen LogP contribution in [0, 0.1) is 3.57 Å². The molecule has 2 heterocycles. The third kappa shape index (κ3) is 2.46. The zero-order valence-electron chi connectivity index (χ0n) is 10.2. The maximum Gasteiger partial charge on any atom is 0.265 e. The van der Waals surface area contributed by atoms with Crippen LogP contribution in [0.15, 0.2) is 53.6 Å². The van der Waals surface area contributed by atoms with E-state index in [2.05, 4.69) is 19.9 Å². The zero-order valence-corrected chi connectivity index (χ0v) is 12.4. The maximum absolute atomic E-state index is 12.0. The molecule has 0 bridgehead atoms. The van der Waals surface area contributed by atoms with Crippen molar-refractivity contribution < 1.29 is 0 Å². The van der Waals surface area contributed by atoms with Crippen molar-refractivity contribution in [1.29, 1.82) is 0 Å². The Balaban J connectivity index is 2.22. The van der Waals surface area contributed by atoms with Gasteiger partial charge in [0.25, 0.3) is 5.56 Å². The largest absolute Gasteiger partial charge is 0.303 e. The fraction of sp³-hybridized carbons (Fsp3) is 0. The predicted molar refractivity (Wildman–Crippen MR) is 84.0 cm³/mol. The van der Waals surface area contributed by atoms with Crippen molar-refractivity contribution in [2.75, 3.05) is 0 Å². The normalized spacial score (nSPS) is 10.4. The summed E-state index contributed by atoms with van der Waals surface area (Å²) >= 11 is 2.00. The Morgan fingerprint density at radius 2 is 1.70 bits per heavy atom. The second-order valence-corrected chi connectivity index (χ2v) is 5.09. The Bertz CT molecular complexity index is 787. The molecule has 0 spiro atoms. The Hall–Kier alpha value is -2.09. The Morgan fingerprint density at radius 3 is 2.40 bits per heavy atom. The lowest BCUT2D eigenvalue weighted by atomic mass is 10.1. The van der Waals surface area contributed by atoms with Crippen LogP contribution in [0.4, 0.5) is 0 Å². The Morgan fingerprint density at radius 1 is 1.00 bits per heavy atom. The zero-order chi connectivity index (χ0) is 13.9. The van der Waals surface area contributed by atoms with E-state index in [4.69, 9.17) is 0 Å². The van der Waals surface area contributed by atoms with Crippen LogP contribution in [-0.4, -0.2) is 19.9 Å². The lowest BCUT2D eigenvalue weighted by Crippen LogP contribution is -2.15. The average Bonchev–Trinajstić information content (AvgIpc) is 2.51. The number of nitrogens with zero attached hydrogens (tertiary/aromatic N) is 3. The fourth-order valence-electron chi connectivity index (χ4n) is 1.77. The number of benzene rings is 1. The van der Waals surface area contributed by atoms with Crippen molar-refractivity contribution in [1.82, 2.24) is 19.9 Å². The van der Waals surface area contributed by atoms with Crippen LogP contribution in [0.5, 0.6) is 0 Å². The van der Waals surface area contributed by atoms with Crippen molar-refractivity contribution >= 4 is 22.6 Å². The summed E-state index contributed by atoms with van der Waals surface area (Å²) in [7, 11) is 0. The molecule has 0 aliphatic heterocycles. The van der Waals surface area contributed by atoms with Crippen LogP contribution < -0.4 is 5.56 Å². The fourth-order valence-corrected chi connectivity index (χ4v) is 2.34. The quantitative estimate of drug-likeness (QED) is 0.698. The monoisotopic (exact) mass is 376 g/mol. The smallest absolute Gasteiger partial charge is 0.265 e. The van der Waals surface area contributed by atoms with Crippen molar-refractivity contribution in [2.45, 2.75) is 0 Å². The van der Waals surface area contributed by atoms with Gasteiger partial charge < -0.3 is 4.98 Å². The van der Waals surface area contributed by atoms with E-state index in [-0.39, 0.29) is 5.56 Å². The molecular weight excluding hydrogens is 367 g/mol. The van der Waals surface area contributed by atoms with Crippen molar-refractivity contribution in [3.63, 3.8) is 0 Å². The molecule has 3 aromatic rings. The first-order valence-electron chi connectivity index (χ1n) is 5.88. The van der Waals surface area contributed by atoms with Gasteiger partial charge in [-0.05, 0) is 28.7 Å². The van der Waals surface area contributed by atoms with Gasteiger partial charge in [-0.1, -0.05) is 30.3 Å². The van der Waals surface area contributed by atoms with Crippen molar-refractivity contribution in [2.24, 2.45) is 0 Å². The van der Waals surface area contributed by atoms with Crippen molar-refractivity contribution in [3.05, 3.63) is 62.7 Å². The highest BCUT2D eigenvalue weighted by Gasteiger charge is 2.13. The molecule has 1 aromatic carbocycles. The van der Waals surface area contributed by atoms with E-state index < -0.39 is 0 Å². The molecule has 20 heavy (non-hydrogen) atoms. The first-order valence-corrected chi connectivity index (χ1v) is 6.96. The molecular formula is C14H9IN4O. The summed E-state index contributed by atoms with van der Waals surface area (Å²) < 4.78 is 0.550.